The Balaban J connectivity index is 1.86. The Kier molecular flexibility index (Phi) is 4.26. The van der Waals surface area contributed by atoms with Crippen molar-refractivity contribution in [3.63, 3.8) is 0 Å². The van der Waals surface area contributed by atoms with Gasteiger partial charge in [-0.05, 0) is 24.3 Å². The maximum Gasteiger partial charge on any atom is 0.339 e. The third kappa shape index (κ3) is 3.26. The number of nitrogens with one attached hydrogen (secondary N) is 1. The average molecular weight is 345 g/mol. The minimum absolute atomic E-state index is 0.0756. The van der Waals surface area contributed by atoms with Crippen LogP contribution in [0.3, 0.4) is 0 Å². The van der Waals surface area contributed by atoms with Gasteiger partial charge in [0, 0.05) is 30.3 Å². The molecule has 0 saturated carbocycles. The van der Waals surface area contributed by atoms with Crippen LogP contribution in [-0.2, 0) is 14.9 Å². The van der Waals surface area contributed by atoms with Crippen LogP contribution in [0.4, 0.5) is 0 Å². The van der Waals surface area contributed by atoms with Gasteiger partial charge >= 0.3 is 10.1 Å². The molecule has 0 unspecified atom stereocenters. The summed E-state index contributed by atoms with van der Waals surface area (Å²) < 4.78 is 35.1. The number of benzene rings is 2. The first-order valence-corrected chi connectivity index (χ1v) is 8.59. The Morgan fingerprint density at radius 3 is 2.67 bits per heavy atom. The van der Waals surface area contributed by atoms with Crippen molar-refractivity contribution in [3.05, 3.63) is 60.2 Å². The predicted octanol–water partition coefficient (Wildman–Crippen LogP) is 1.98. The highest BCUT2D eigenvalue weighted by Gasteiger charge is 2.22. The van der Waals surface area contributed by atoms with Gasteiger partial charge in [0.1, 0.15) is 23.0 Å². The SMILES string of the molecule is CNC(=O)/C=C1/COc2cc(OS(=O)(=O)c3ccccc3)ccc21. The second kappa shape index (κ2) is 6.37. The summed E-state index contributed by atoms with van der Waals surface area (Å²) in [5, 5.41) is 2.51. The van der Waals surface area contributed by atoms with Gasteiger partial charge in [-0.2, -0.15) is 8.42 Å². The zero-order valence-corrected chi connectivity index (χ0v) is 13.7. The number of fused-ring (bicyclic) bond motifs is 1. The summed E-state index contributed by atoms with van der Waals surface area (Å²) in [4.78, 5) is 11.5. The largest absolute Gasteiger partial charge is 0.488 e. The molecule has 0 saturated heterocycles. The first kappa shape index (κ1) is 16.1. The van der Waals surface area contributed by atoms with Crippen molar-refractivity contribution in [2.75, 3.05) is 13.7 Å². The van der Waals surface area contributed by atoms with Crippen LogP contribution in [0.2, 0.25) is 0 Å². The Labute approximate surface area is 139 Å². The van der Waals surface area contributed by atoms with Gasteiger partial charge in [0.05, 0.1) is 0 Å². The minimum atomic E-state index is -3.90. The van der Waals surface area contributed by atoms with Crippen molar-refractivity contribution in [2.24, 2.45) is 0 Å². The Hall–Kier alpha value is -2.80. The van der Waals surface area contributed by atoms with Gasteiger partial charge in [0.15, 0.2) is 0 Å². The Bertz CT molecular complexity index is 904. The molecule has 2 aromatic rings. The van der Waals surface area contributed by atoms with Crippen LogP contribution in [0, 0.1) is 0 Å². The van der Waals surface area contributed by atoms with Crippen molar-refractivity contribution < 1.29 is 22.1 Å². The van der Waals surface area contributed by atoms with Crippen LogP contribution >= 0.6 is 0 Å². The highest BCUT2D eigenvalue weighted by Crippen LogP contribution is 2.36. The first-order chi connectivity index (χ1) is 11.5. The van der Waals surface area contributed by atoms with E-state index >= 15 is 0 Å². The summed E-state index contributed by atoms with van der Waals surface area (Å²) in [6, 6.07) is 12.6. The van der Waals surface area contributed by atoms with Crippen molar-refractivity contribution >= 4 is 21.6 Å². The van der Waals surface area contributed by atoms with E-state index in [4.69, 9.17) is 8.92 Å². The van der Waals surface area contributed by atoms with Gasteiger partial charge in [-0.25, -0.2) is 0 Å². The fraction of sp³-hybridized carbons (Fsp3) is 0.118. The molecule has 0 bridgehead atoms. The lowest BCUT2D eigenvalue weighted by Crippen LogP contribution is -2.15. The third-order valence-corrected chi connectivity index (χ3v) is 4.73. The fourth-order valence-electron chi connectivity index (χ4n) is 2.28. The first-order valence-electron chi connectivity index (χ1n) is 7.18. The lowest BCUT2D eigenvalue weighted by atomic mass is 10.1. The topological polar surface area (TPSA) is 81.7 Å². The number of hydrogen-bond acceptors (Lipinski definition) is 5. The van der Waals surface area contributed by atoms with E-state index in [-0.39, 0.29) is 23.2 Å². The summed E-state index contributed by atoms with van der Waals surface area (Å²) in [6.07, 6.45) is 1.45. The Morgan fingerprint density at radius 1 is 1.21 bits per heavy atom. The minimum Gasteiger partial charge on any atom is -0.488 e. The molecule has 0 aliphatic carbocycles. The van der Waals surface area contributed by atoms with Gasteiger partial charge in [-0.3, -0.25) is 4.79 Å². The molecule has 1 aliphatic rings. The molecule has 3 rings (SSSR count). The van der Waals surface area contributed by atoms with Crippen LogP contribution in [-0.4, -0.2) is 28.0 Å². The third-order valence-electron chi connectivity index (χ3n) is 3.47. The molecular formula is C17H15NO5S. The standard InChI is InChI=1S/C17H15NO5S/c1-18-17(19)9-12-11-22-16-10-13(7-8-15(12)16)23-24(20,21)14-5-3-2-4-6-14/h2-10H,11H2,1H3,(H,18,19)/b12-9-. The molecule has 7 heteroatoms. The molecule has 1 heterocycles. The molecule has 1 amide bonds. The van der Waals surface area contributed by atoms with Crippen LogP contribution < -0.4 is 14.2 Å². The molecular weight excluding hydrogens is 330 g/mol. The van der Waals surface area contributed by atoms with E-state index in [0.29, 0.717) is 5.75 Å². The lowest BCUT2D eigenvalue weighted by Gasteiger charge is -2.08. The van der Waals surface area contributed by atoms with Crippen LogP contribution in [0.1, 0.15) is 5.56 Å². The number of carbonyl (C=O) groups is 1. The van der Waals surface area contributed by atoms with E-state index in [1.165, 1.54) is 30.3 Å². The smallest absolute Gasteiger partial charge is 0.339 e. The van der Waals surface area contributed by atoms with Gasteiger partial charge < -0.3 is 14.2 Å². The van der Waals surface area contributed by atoms with Crippen LogP contribution in [0.15, 0.2) is 59.5 Å². The van der Waals surface area contributed by atoms with Gasteiger partial charge in [0.25, 0.3) is 0 Å². The summed E-state index contributed by atoms with van der Waals surface area (Å²) in [5.41, 5.74) is 1.46. The summed E-state index contributed by atoms with van der Waals surface area (Å²) in [6.45, 7) is 0.248. The van der Waals surface area contributed by atoms with Crippen molar-refractivity contribution in [1.29, 1.82) is 0 Å². The molecule has 0 fully saturated rings. The zero-order chi connectivity index (χ0) is 17.2. The quantitative estimate of drug-likeness (QED) is 0.677. The number of hydrogen-bond donors (Lipinski definition) is 1. The monoisotopic (exact) mass is 345 g/mol. The zero-order valence-electron chi connectivity index (χ0n) is 12.9. The molecule has 0 aromatic heterocycles. The van der Waals surface area contributed by atoms with Gasteiger partial charge in [-0.1, -0.05) is 18.2 Å². The Morgan fingerprint density at radius 2 is 1.96 bits per heavy atom. The molecule has 1 aliphatic heterocycles. The summed E-state index contributed by atoms with van der Waals surface area (Å²) in [5.74, 6) is 0.401. The molecule has 0 spiro atoms. The van der Waals surface area contributed by atoms with E-state index < -0.39 is 10.1 Å². The predicted molar refractivity (Wildman–Crippen MR) is 88.2 cm³/mol. The van der Waals surface area contributed by atoms with E-state index in [1.54, 1.807) is 31.3 Å². The molecule has 0 radical (unpaired) electrons. The molecule has 2 aromatic carbocycles. The molecule has 124 valence electrons. The van der Waals surface area contributed by atoms with Gasteiger partial charge in [-0.15, -0.1) is 0 Å². The van der Waals surface area contributed by atoms with E-state index in [1.807, 2.05) is 0 Å². The summed E-state index contributed by atoms with van der Waals surface area (Å²) in [7, 11) is -2.36. The summed E-state index contributed by atoms with van der Waals surface area (Å²) >= 11 is 0. The van der Waals surface area contributed by atoms with Crippen LogP contribution in [0.25, 0.3) is 5.57 Å². The molecule has 1 N–H and O–H groups in total. The van der Waals surface area contributed by atoms with E-state index in [9.17, 15) is 13.2 Å². The average Bonchev–Trinajstić information content (AvgIpc) is 2.97. The molecule has 24 heavy (non-hydrogen) atoms. The highest BCUT2D eigenvalue weighted by molar-refractivity contribution is 7.87. The number of rotatable bonds is 4. The maximum absolute atomic E-state index is 12.2. The second-order valence-electron chi connectivity index (χ2n) is 5.08. The van der Waals surface area contributed by atoms with Crippen molar-refractivity contribution in [1.82, 2.24) is 5.32 Å². The number of carbonyl (C=O) groups excluding carboxylic acids is 1. The second-order valence-corrected chi connectivity index (χ2v) is 6.63. The highest BCUT2D eigenvalue weighted by atomic mass is 32.2. The number of ether oxygens (including phenoxy) is 1. The number of amides is 1. The van der Waals surface area contributed by atoms with Crippen LogP contribution in [0.5, 0.6) is 11.5 Å². The van der Waals surface area contributed by atoms with E-state index in [2.05, 4.69) is 5.32 Å². The van der Waals surface area contributed by atoms with Crippen molar-refractivity contribution in [3.8, 4) is 11.5 Å². The molecule has 6 nitrogen and oxygen atoms in total. The fourth-order valence-corrected chi connectivity index (χ4v) is 3.23. The van der Waals surface area contributed by atoms with E-state index in [0.717, 1.165) is 11.1 Å². The molecule has 0 atom stereocenters. The normalized spacial score (nSPS) is 14.8. The van der Waals surface area contributed by atoms with Gasteiger partial charge in [0.2, 0.25) is 5.91 Å². The van der Waals surface area contributed by atoms with Crippen molar-refractivity contribution in [2.45, 2.75) is 4.90 Å². The number of likely N-dealkylation sites (N-methyl/N-ethyl adjacent to an activating group) is 1. The maximum atomic E-state index is 12.2. The lowest BCUT2D eigenvalue weighted by molar-refractivity contribution is -0.116.